The predicted molar refractivity (Wildman–Crippen MR) is 111 cm³/mol. The molecule has 0 fully saturated rings. The van der Waals surface area contributed by atoms with Crippen LogP contribution >= 0.6 is 0 Å². The van der Waals surface area contributed by atoms with Crippen molar-refractivity contribution in [3.8, 4) is 11.8 Å². The molecule has 0 saturated carbocycles. The fraction of sp³-hybridized carbons (Fsp3) is 0.348. The summed E-state index contributed by atoms with van der Waals surface area (Å²) in [5.41, 5.74) is 3.25. The maximum absolute atomic E-state index is 12.8. The van der Waals surface area contributed by atoms with Crippen molar-refractivity contribution in [3.63, 3.8) is 0 Å². The first kappa shape index (κ1) is 22.0. The van der Waals surface area contributed by atoms with Gasteiger partial charge in [-0.2, -0.15) is 5.26 Å². The van der Waals surface area contributed by atoms with Gasteiger partial charge in [0.25, 0.3) is 5.91 Å². The average molecular weight is 394 g/mol. The van der Waals surface area contributed by atoms with Crippen molar-refractivity contribution in [3.05, 3.63) is 59.2 Å². The summed E-state index contributed by atoms with van der Waals surface area (Å²) in [4.78, 5) is 26.2. The molecule has 0 aliphatic carbocycles. The summed E-state index contributed by atoms with van der Waals surface area (Å²) in [6.07, 6.45) is 0.0338. The summed E-state index contributed by atoms with van der Waals surface area (Å²) in [6.45, 7) is 7.62. The summed E-state index contributed by atoms with van der Waals surface area (Å²) in [5.74, 6) is -0.172. The Morgan fingerprint density at radius 1 is 1.07 bits per heavy atom. The van der Waals surface area contributed by atoms with Crippen molar-refractivity contribution in [1.82, 2.24) is 0 Å². The lowest BCUT2D eigenvalue weighted by Crippen LogP contribution is -2.35. The van der Waals surface area contributed by atoms with E-state index in [1.54, 1.807) is 43.0 Å². The Balaban J connectivity index is 2.06. The minimum Gasteiger partial charge on any atom is -0.484 e. The van der Waals surface area contributed by atoms with Gasteiger partial charge >= 0.3 is 5.97 Å². The van der Waals surface area contributed by atoms with E-state index in [2.05, 4.69) is 6.07 Å². The molecule has 1 amide bonds. The lowest BCUT2D eigenvalue weighted by molar-refractivity contribution is -0.120. The SMILES string of the molecule is Cc1cc(C)cc(N(CCC#N)C(=O)COc2ccc(C(=O)OC(C)C)cc2)c1. The van der Waals surface area contributed by atoms with Crippen molar-refractivity contribution in [2.75, 3.05) is 18.1 Å². The van der Waals surface area contributed by atoms with Crippen molar-refractivity contribution in [2.24, 2.45) is 0 Å². The molecule has 0 aromatic heterocycles. The highest BCUT2D eigenvalue weighted by Gasteiger charge is 2.17. The second-order valence-electron chi connectivity index (χ2n) is 7.07. The highest BCUT2D eigenvalue weighted by atomic mass is 16.5. The first-order valence-electron chi connectivity index (χ1n) is 9.49. The van der Waals surface area contributed by atoms with E-state index in [1.165, 1.54) is 0 Å². The number of carbonyl (C=O) groups is 2. The third-order valence-electron chi connectivity index (χ3n) is 4.06. The maximum Gasteiger partial charge on any atom is 0.338 e. The number of benzene rings is 2. The van der Waals surface area contributed by atoms with Crippen molar-refractivity contribution in [2.45, 2.75) is 40.2 Å². The van der Waals surface area contributed by atoms with Crippen LogP contribution in [0.2, 0.25) is 0 Å². The van der Waals surface area contributed by atoms with Crippen molar-refractivity contribution >= 4 is 17.6 Å². The summed E-state index contributed by atoms with van der Waals surface area (Å²) in [7, 11) is 0. The van der Waals surface area contributed by atoms with Crippen LogP contribution in [0.1, 0.15) is 41.8 Å². The third-order valence-corrected chi connectivity index (χ3v) is 4.06. The lowest BCUT2D eigenvalue weighted by Gasteiger charge is -2.23. The number of anilines is 1. The number of esters is 1. The van der Waals surface area contributed by atoms with E-state index in [-0.39, 0.29) is 25.0 Å². The van der Waals surface area contributed by atoms with Crippen LogP contribution in [0.25, 0.3) is 0 Å². The Bertz CT molecular complexity index is 878. The number of amides is 1. The number of rotatable bonds is 8. The highest BCUT2D eigenvalue weighted by Crippen LogP contribution is 2.20. The quantitative estimate of drug-likeness (QED) is 0.627. The number of hydrogen-bond acceptors (Lipinski definition) is 5. The van der Waals surface area contributed by atoms with Gasteiger partial charge in [-0.25, -0.2) is 4.79 Å². The van der Waals surface area contributed by atoms with Gasteiger partial charge in [0.2, 0.25) is 0 Å². The first-order valence-corrected chi connectivity index (χ1v) is 9.49. The number of nitrogens with zero attached hydrogens (tertiary/aromatic N) is 2. The number of hydrogen-bond donors (Lipinski definition) is 0. The molecule has 2 aromatic rings. The van der Waals surface area contributed by atoms with Gasteiger partial charge in [-0.15, -0.1) is 0 Å². The number of nitriles is 1. The van der Waals surface area contributed by atoms with Crippen molar-refractivity contribution < 1.29 is 19.1 Å². The Kier molecular flexibility index (Phi) is 7.79. The number of carbonyl (C=O) groups excluding carboxylic acids is 2. The Morgan fingerprint density at radius 2 is 1.69 bits per heavy atom. The Hall–Kier alpha value is -3.33. The number of aryl methyl sites for hydroxylation is 2. The molecule has 0 spiro atoms. The largest absolute Gasteiger partial charge is 0.484 e. The molecule has 152 valence electrons. The van der Waals surface area contributed by atoms with E-state index in [1.807, 2.05) is 32.0 Å². The molecule has 0 bridgehead atoms. The summed E-state index contributed by atoms with van der Waals surface area (Å²) < 4.78 is 10.7. The van der Waals surface area contributed by atoms with E-state index in [0.717, 1.165) is 16.8 Å². The molecular weight excluding hydrogens is 368 g/mol. The van der Waals surface area contributed by atoms with Gasteiger partial charge in [-0.05, 0) is 75.2 Å². The third kappa shape index (κ3) is 6.65. The van der Waals surface area contributed by atoms with E-state index in [0.29, 0.717) is 17.9 Å². The molecule has 0 heterocycles. The van der Waals surface area contributed by atoms with Gasteiger partial charge < -0.3 is 14.4 Å². The molecule has 0 N–H and O–H groups in total. The molecule has 0 unspecified atom stereocenters. The molecule has 0 atom stereocenters. The highest BCUT2D eigenvalue weighted by molar-refractivity contribution is 5.94. The van der Waals surface area contributed by atoms with Gasteiger partial charge in [0.1, 0.15) is 5.75 Å². The lowest BCUT2D eigenvalue weighted by atomic mass is 10.1. The zero-order valence-electron chi connectivity index (χ0n) is 17.3. The Morgan fingerprint density at radius 3 is 2.24 bits per heavy atom. The zero-order chi connectivity index (χ0) is 21.4. The summed E-state index contributed by atoms with van der Waals surface area (Å²) in [5, 5.41) is 8.93. The molecule has 6 nitrogen and oxygen atoms in total. The fourth-order valence-electron chi connectivity index (χ4n) is 2.86. The van der Waals surface area contributed by atoms with Crippen LogP contribution in [0.15, 0.2) is 42.5 Å². The van der Waals surface area contributed by atoms with Crippen LogP contribution in [0, 0.1) is 25.2 Å². The monoisotopic (exact) mass is 394 g/mol. The fourth-order valence-corrected chi connectivity index (χ4v) is 2.86. The van der Waals surface area contributed by atoms with Crippen LogP contribution in [0.5, 0.6) is 5.75 Å². The van der Waals surface area contributed by atoms with Crippen LogP contribution in [0.4, 0.5) is 5.69 Å². The number of ether oxygens (including phenoxy) is 2. The molecule has 0 saturated heterocycles. The molecular formula is C23H26N2O4. The van der Waals surface area contributed by atoms with E-state index in [4.69, 9.17) is 14.7 Å². The van der Waals surface area contributed by atoms with E-state index in [9.17, 15) is 9.59 Å². The van der Waals surface area contributed by atoms with Gasteiger partial charge in [0.15, 0.2) is 6.61 Å². The first-order chi connectivity index (χ1) is 13.8. The molecule has 2 aromatic carbocycles. The summed E-state index contributed by atoms with van der Waals surface area (Å²) >= 11 is 0. The van der Waals surface area contributed by atoms with E-state index >= 15 is 0 Å². The molecule has 29 heavy (non-hydrogen) atoms. The molecule has 0 aliphatic rings. The average Bonchev–Trinajstić information content (AvgIpc) is 2.65. The second kappa shape index (κ2) is 10.3. The molecule has 2 rings (SSSR count). The maximum atomic E-state index is 12.8. The minimum absolute atomic E-state index is 0.172. The van der Waals surface area contributed by atoms with Gasteiger partial charge in [-0.1, -0.05) is 6.07 Å². The standard InChI is InChI=1S/C23H26N2O4/c1-16(2)29-23(27)19-6-8-21(9-7-19)28-15-22(26)25(11-5-10-24)20-13-17(3)12-18(4)14-20/h6-9,12-14,16H,5,11,15H2,1-4H3. The van der Waals surface area contributed by atoms with Crippen LogP contribution in [0.3, 0.4) is 0 Å². The van der Waals surface area contributed by atoms with Gasteiger partial charge in [0.05, 0.1) is 24.2 Å². The zero-order valence-corrected chi connectivity index (χ0v) is 17.3. The van der Waals surface area contributed by atoms with Gasteiger partial charge in [0, 0.05) is 12.2 Å². The summed E-state index contributed by atoms with van der Waals surface area (Å²) in [6, 6.07) is 14.4. The molecule has 6 heteroatoms. The predicted octanol–water partition coefficient (Wildman–Crippen LogP) is 4.19. The second-order valence-corrected chi connectivity index (χ2v) is 7.07. The smallest absolute Gasteiger partial charge is 0.338 e. The van der Waals surface area contributed by atoms with Crippen LogP contribution < -0.4 is 9.64 Å². The van der Waals surface area contributed by atoms with Crippen LogP contribution in [-0.4, -0.2) is 31.1 Å². The topological polar surface area (TPSA) is 79.6 Å². The van der Waals surface area contributed by atoms with Crippen LogP contribution in [-0.2, 0) is 9.53 Å². The Labute approximate surface area is 171 Å². The minimum atomic E-state index is -0.403. The molecule has 0 radical (unpaired) electrons. The van der Waals surface area contributed by atoms with E-state index < -0.39 is 5.97 Å². The van der Waals surface area contributed by atoms with Gasteiger partial charge in [-0.3, -0.25) is 4.79 Å². The van der Waals surface area contributed by atoms with Crippen molar-refractivity contribution in [1.29, 1.82) is 5.26 Å². The molecule has 0 aliphatic heterocycles. The normalized spacial score (nSPS) is 10.3.